The highest BCUT2D eigenvalue weighted by molar-refractivity contribution is 7.33. The van der Waals surface area contributed by atoms with Crippen LogP contribution in [0.4, 0.5) is 34.1 Å². The fraction of sp³-hybridized carbons (Fsp3) is 0.263. The lowest BCUT2D eigenvalue weighted by atomic mass is 9.36. The summed E-state index contributed by atoms with van der Waals surface area (Å²) < 4.78 is 2.71. The molecule has 0 spiro atoms. The van der Waals surface area contributed by atoms with Crippen LogP contribution in [0.15, 0.2) is 182 Å². The molecule has 0 saturated carbocycles. The van der Waals surface area contributed by atoms with Crippen molar-refractivity contribution in [3.05, 3.63) is 210 Å². The number of thiophene rings is 1. The molecule has 398 valence electrons. The molecule has 2 aliphatic rings. The maximum atomic E-state index is 2.63. The number of rotatable bonds is 4. The van der Waals surface area contributed by atoms with Crippen molar-refractivity contribution >= 4 is 110 Å². The summed E-state index contributed by atoms with van der Waals surface area (Å²) in [6.45, 7) is 35.1. The van der Waals surface area contributed by atoms with Gasteiger partial charge in [-0.1, -0.05) is 225 Å². The van der Waals surface area contributed by atoms with Gasteiger partial charge in [-0.15, -0.1) is 11.3 Å². The van der Waals surface area contributed by atoms with Gasteiger partial charge >= 0.3 is 0 Å². The van der Waals surface area contributed by atoms with E-state index < -0.39 is 0 Å². The molecule has 0 atom stereocenters. The lowest BCUT2D eigenvalue weighted by Gasteiger charge is -2.44. The molecule has 13 rings (SSSR count). The Hall–Kier alpha value is -7.40. The third-order valence-corrected chi connectivity index (χ3v) is 18.8. The van der Waals surface area contributed by atoms with E-state index in [9.17, 15) is 0 Å². The molecular weight excluding hydrogens is 984 g/mol. The topological polar surface area (TPSA) is 6.48 Å². The zero-order valence-electron chi connectivity index (χ0n) is 49.7. The van der Waals surface area contributed by atoms with Crippen LogP contribution in [-0.4, -0.2) is 6.71 Å². The smallest absolute Gasteiger partial charge is 0.264 e. The Bertz CT molecular complexity index is 4260. The molecule has 3 heterocycles. The largest absolute Gasteiger partial charge is 0.311 e. The lowest BCUT2D eigenvalue weighted by Crippen LogP contribution is -2.60. The van der Waals surface area contributed by atoms with Gasteiger partial charge < -0.3 is 9.80 Å². The summed E-state index contributed by atoms with van der Waals surface area (Å²) in [5.74, 6) is 0. The van der Waals surface area contributed by atoms with Crippen molar-refractivity contribution in [1.82, 2.24) is 0 Å². The number of benzene rings is 10. The van der Waals surface area contributed by atoms with E-state index in [1.807, 2.05) is 11.3 Å². The van der Waals surface area contributed by atoms with Crippen LogP contribution in [0, 0.1) is 0 Å². The van der Waals surface area contributed by atoms with E-state index in [4.69, 9.17) is 0 Å². The highest BCUT2D eigenvalue weighted by Gasteiger charge is 2.46. The molecule has 0 aliphatic carbocycles. The maximum absolute atomic E-state index is 2.63. The molecule has 10 aromatic carbocycles. The van der Waals surface area contributed by atoms with Crippen LogP contribution < -0.4 is 25.5 Å². The van der Waals surface area contributed by atoms with Gasteiger partial charge in [0.1, 0.15) is 0 Å². The Kier molecular flexibility index (Phi) is 11.7. The fourth-order valence-electron chi connectivity index (χ4n) is 12.9. The first-order valence-electron chi connectivity index (χ1n) is 29.0. The second-order valence-electron chi connectivity index (χ2n) is 28.3. The maximum Gasteiger partial charge on any atom is 0.264 e. The van der Waals surface area contributed by atoms with E-state index in [2.05, 4.69) is 296 Å². The number of hydrogen-bond donors (Lipinski definition) is 0. The number of anilines is 6. The summed E-state index contributed by atoms with van der Waals surface area (Å²) in [6, 6.07) is 71.1. The van der Waals surface area contributed by atoms with Crippen LogP contribution in [0.5, 0.6) is 0 Å². The number of hydrogen-bond acceptors (Lipinski definition) is 3. The minimum Gasteiger partial charge on any atom is -0.311 e. The van der Waals surface area contributed by atoms with Gasteiger partial charge in [0, 0.05) is 43.2 Å². The summed E-state index contributed by atoms with van der Waals surface area (Å²) in [4.78, 5) is 5.26. The Morgan fingerprint density at radius 1 is 0.325 bits per heavy atom. The second-order valence-corrected chi connectivity index (χ2v) is 29.4. The minimum absolute atomic E-state index is 0.00401. The monoisotopic (exact) mass is 1060 g/mol. The van der Waals surface area contributed by atoms with Crippen LogP contribution >= 0.6 is 11.3 Å². The molecule has 2 nitrogen and oxygen atoms in total. The lowest BCUT2D eigenvalue weighted by molar-refractivity contribution is 0.569. The van der Waals surface area contributed by atoms with Crippen molar-refractivity contribution in [2.75, 3.05) is 9.80 Å². The average molecular weight is 1060 g/mol. The van der Waals surface area contributed by atoms with Crippen molar-refractivity contribution < 1.29 is 0 Å². The van der Waals surface area contributed by atoms with Gasteiger partial charge in [-0.25, -0.2) is 0 Å². The molecular formula is C76H75BN2S. The van der Waals surface area contributed by atoms with E-state index >= 15 is 0 Å². The van der Waals surface area contributed by atoms with Gasteiger partial charge in [0.15, 0.2) is 0 Å². The minimum atomic E-state index is -0.0732. The Labute approximate surface area is 480 Å². The van der Waals surface area contributed by atoms with Crippen molar-refractivity contribution in [3.63, 3.8) is 0 Å². The molecule has 2 aliphatic heterocycles. The molecule has 0 N–H and O–H groups in total. The summed E-state index contributed by atoms with van der Waals surface area (Å²) >= 11 is 1.99. The van der Waals surface area contributed by atoms with Crippen molar-refractivity contribution in [2.45, 2.75) is 131 Å². The summed E-state index contributed by atoms with van der Waals surface area (Å²) in [7, 11) is 0. The van der Waals surface area contributed by atoms with Crippen molar-refractivity contribution in [3.8, 4) is 22.3 Å². The summed E-state index contributed by atoms with van der Waals surface area (Å²) in [6.07, 6.45) is 0. The van der Waals surface area contributed by atoms with Crippen LogP contribution in [-0.2, 0) is 27.1 Å². The van der Waals surface area contributed by atoms with E-state index in [0.29, 0.717) is 0 Å². The third kappa shape index (κ3) is 8.50. The van der Waals surface area contributed by atoms with E-state index in [1.54, 1.807) is 0 Å². The van der Waals surface area contributed by atoms with Crippen LogP contribution in [0.25, 0.3) is 64.7 Å². The molecule has 0 unspecified atom stereocenters. The first-order chi connectivity index (χ1) is 37.8. The Balaban J connectivity index is 1.08. The van der Waals surface area contributed by atoms with Gasteiger partial charge in [-0.2, -0.15) is 0 Å². The summed E-state index contributed by atoms with van der Waals surface area (Å²) in [5.41, 5.74) is 21.6. The SMILES string of the molecule is CC(C)(C)c1cc(-c2ccc(N3c4cccc5c4B(c4cc(C(C)(C)C)ccc4N5c4ccc(C(C)(C)C)cc4-c4ccc5c6ccccc6c6ccccc6c5c4)c4sc5ccc(C(C)(C)C)cc5c43)cc2)cc(C(C)(C)C)c1. The molecule has 0 saturated heterocycles. The van der Waals surface area contributed by atoms with Crippen LogP contribution in [0.3, 0.4) is 0 Å². The van der Waals surface area contributed by atoms with Crippen molar-refractivity contribution in [1.29, 1.82) is 0 Å². The molecule has 1 aromatic heterocycles. The van der Waals surface area contributed by atoms with Gasteiger partial charge in [0.05, 0.1) is 11.4 Å². The molecule has 4 heteroatoms. The second kappa shape index (κ2) is 18.1. The van der Waals surface area contributed by atoms with E-state index in [1.165, 1.54) is 137 Å². The van der Waals surface area contributed by atoms with Gasteiger partial charge in [-0.05, 0) is 175 Å². The molecule has 11 aromatic rings. The molecule has 0 radical (unpaired) electrons. The highest BCUT2D eigenvalue weighted by Crippen LogP contribution is 2.51. The van der Waals surface area contributed by atoms with E-state index in [-0.39, 0.29) is 33.8 Å². The Morgan fingerprint density at radius 2 is 0.812 bits per heavy atom. The molecule has 0 amide bonds. The van der Waals surface area contributed by atoms with Gasteiger partial charge in [0.25, 0.3) is 6.71 Å². The van der Waals surface area contributed by atoms with Crippen LogP contribution in [0.2, 0.25) is 0 Å². The van der Waals surface area contributed by atoms with Gasteiger partial charge in [-0.3, -0.25) is 0 Å². The number of fused-ring (bicyclic) bond motifs is 12. The molecule has 80 heavy (non-hydrogen) atoms. The normalized spacial score (nSPS) is 13.9. The predicted molar refractivity (Wildman–Crippen MR) is 353 cm³/mol. The zero-order chi connectivity index (χ0) is 56.2. The molecule has 0 fully saturated rings. The highest BCUT2D eigenvalue weighted by atomic mass is 32.1. The third-order valence-electron chi connectivity index (χ3n) is 17.6. The van der Waals surface area contributed by atoms with Gasteiger partial charge in [0.2, 0.25) is 0 Å². The quantitative estimate of drug-likeness (QED) is 0.128. The standard InChI is InChI=1S/C76H75BN2S/c1-72(2,3)49-30-36-64(60(43-49)47-29-35-59-57-23-17-16-21-55(57)56-22-18-19-24-58(56)61(59)41-47)79-65-37-31-51(74(7,8)9)45-63(65)77-69-66(25-20-26-67(69)79)78(70-62-44-50(73(4,5)6)32-38-68(62)80-71(70)77)54-33-27-46(28-34-54)48-39-52(75(10,11)12)42-53(40-48)76(13,14)15/h16-45H,1-15H3. The van der Waals surface area contributed by atoms with Crippen molar-refractivity contribution in [2.24, 2.45) is 0 Å². The number of nitrogens with zero attached hydrogens (tertiary/aromatic N) is 2. The zero-order valence-corrected chi connectivity index (χ0v) is 50.5. The first-order valence-corrected chi connectivity index (χ1v) is 29.8. The summed E-state index contributed by atoms with van der Waals surface area (Å²) in [5, 5.41) is 9.03. The fourth-order valence-corrected chi connectivity index (χ4v) is 14.2. The molecule has 0 bridgehead atoms. The predicted octanol–water partition coefficient (Wildman–Crippen LogP) is 20.3. The first kappa shape index (κ1) is 52.0. The van der Waals surface area contributed by atoms with Crippen LogP contribution in [0.1, 0.15) is 132 Å². The average Bonchev–Trinajstić information content (AvgIpc) is 3.88. The van der Waals surface area contributed by atoms with E-state index in [0.717, 1.165) is 5.69 Å². The Morgan fingerprint density at radius 3 is 1.39 bits per heavy atom.